The quantitative estimate of drug-likeness (QED) is 0.0941. The van der Waals surface area contributed by atoms with E-state index in [9.17, 15) is 19.8 Å². The van der Waals surface area contributed by atoms with Gasteiger partial charge in [0.2, 0.25) is 0 Å². The molecule has 0 aromatic heterocycles. The summed E-state index contributed by atoms with van der Waals surface area (Å²) in [6.45, 7) is 3.78. The normalized spacial score (nSPS) is 29.2. The summed E-state index contributed by atoms with van der Waals surface area (Å²) in [6, 6.07) is 0. The van der Waals surface area contributed by atoms with Crippen molar-refractivity contribution in [3.63, 3.8) is 0 Å². The van der Waals surface area contributed by atoms with Crippen LogP contribution in [0.1, 0.15) is 162 Å². The van der Waals surface area contributed by atoms with Crippen LogP contribution in [0.4, 0.5) is 0 Å². The summed E-state index contributed by atoms with van der Waals surface area (Å²) in [5, 5.41) is 21.4. The van der Waals surface area contributed by atoms with Crippen molar-refractivity contribution in [2.75, 3.05) is 0 Å². The van der Waals surface area contributed by atoms with Crippen molar-refractivity contribution in [3.05, 3.63) is 0 Å². The third-order valence-electron chi connectivity index (χ3n) is 9.77. The molecule has 0 aromatic rings. The number of aliphatic hydroxyl groups excluding tert-OH is 2. The van der Waals surface area contributed by atoms with Crippen LogP contribution < -0.4 is 0 Å². The number of unbranched alkanes of at least 4 members (excludes halogenated alkanes) is 12. The van der Waals surface area contributed by atoms with Crippen LogP contribution in [0, 0.1) is 5.92 Å². The van der Waals surface area contributed by atoms with Crippen molar-refractivity contribution in [1.82, 2.24) is 0 Å². The van der Waals surface area contributed by atoms with Crippen LogP contribution in [0.2, 0.25) is 0 Å². The number of rotatable bonds is 23. The summed E-state index contributed by atoms with van der Waals surface area (Å²) in [7, 11) is 0. The Morgan fingerprint density at radius 2 is 1.21 bits per heavy atom. The molecule has 0 bridgehead atoms. The molecular weight excluding hydrogens is 532 g/mol. The summed E-state index contributed by atoms with van der Waals surface area (Å²) in [5.74, 6) is -0.379. The van der Waals surface area contributed by atoms with E-state index in [1.165, 1.54) is 51.9 Å². The molecule has 0 saturated carbocycles. The molecule has 3 saturated heterocycles. The third-order valence-corrected chi connectivity index (χ3v) is 9.77. The molecule has 0 amide bonds. The van der Waals surface area contributed by atoms with Gasteiger partial charge in [-0.15, -0.1) is 0 Å². The number of Topliss-reactive ketones (excluding diaryl/α,β-unsaturated/α-hetero) is 1. The maximum atomic E-state index is 11.9. The van der Waals surface area contributed by atoms with Gasteiger partial charge in [-0.2, -0.15) is 0 Å². The van der Waals surface area contributed by atoms with Gasteiger partial charge in [-0.05, 0) is 64.7 Å². The number of carbonyl (C=O) groups excluding carboxylic acids is 2. The highest BCUT2D eigenvalue weighted by molar-refractivity contribution is 5.83. The van der Waals surface area contributed by atoms with Crippen molar-refractivity contribution < 1.29 is 34.0 Å². The predicted molar refractivity (Wildman–Crippen MR) is 165 cm³/mol. The fourth-order valence-electron chi connectivity index (χ4n) is 7.20. The first kappa shape index (κ1) is 35.5. The van der Waals surface area contributed by atoms with E-state index in [1.54, 1.807) is 0 Å². The summed E-state index contributed by atoms with van der Waals surface area (Å²) in [5.41, 5.74) is 0. The summed E-state index contributed by atoms with van der Waals surface area (Å²) >= 11 is 0. The molecule has 3 aliphatic heterocycles. The maximum Gasteiger partial charge on any atom is 0.309 e. The Balaban J connectivity index is 1.16. The number of cyclic esters (lactones) is 1. The van der Waals surface area contributed by atoms with E-state index in [1.807, 2.05) is 0 Å². The second kappa shape index (κ2) is 20.1. The van der Waals surface area contributed by atoms with Gasteiger partial charge in [0, 0.05) is 6.42 Å². The first-order valence-corrected chi connectivity index (χ1v) is 17.7. The van der Waals surface area contributed by atoms with Gasteiger partial charge in [0.25, 0.3) is 0 Å². The Hall–Kier alpha value is -1.02. The summed E-state index contributed by atoms with van der Waals surface area (Å²) < 4.78 is 18.0. The largest absolute Gasteiger partial charge is 0.462 e. The average Bonchev–Trinajstić information content (AvgIpc) is 3.72. The number of ether oxygens (including phenoxy) is 3. The molecule has 0 aliphatic carbocycles. The van der Waals surface area contributed by atoms with E-state index in [0.29, 0.717) is 12.8 Å². The Morgan fingerprint density at radius 3 is 1.71 bits per heavy atom. The van der Waals surface area contributed by atoms with E-state index in [-0.39, 0.29) is 54.3 Å². The van der Waals surface area contributed by atoms with E-state index >= 15 is 0 Å². The Bertz CT molecular complexity index is 758. The zero-order chi connectivity index (χ0) is 30.2. The van der Waals surface area contributed by atoms with Crippen LogP contribution in [0.3, 0.4) is 0 Å². The Morgan fingerprint density at radius 1 is 0.738 bits per heavy atom. The third kappa shape index (κ3) is 12.9. The lowest BCUT2D eigenvalue weighted by Crippen LogP contribution is -2.33. The first-order valence-electron chi connectivity index (χ1n) is 17.7. The van der Waals surface area contributed by atoms with E-state index < -0.39 is 6.10 Å². The highest BCUT2D eigenvalue weighted by Crippen LogP contribution is 2.35. The number of carbonyl (C=O) groups is 2. The van der Waals surface area contributed by atoms with Crippen molar-refractivity contribution >= 4 is 11.8 Å². The molecule has 7 nitrogen and oxygen atoms in total. The molecule has 7 heteroatoms. The SMILES string of the molecule is CCCCCCCCCC[C@H](O)[C@H]1CC[C@H]([C@H]2CC[C@H]([C@H](O)CCCCCCCC[C@H]3C[C@H](CC(C)=O)C(=O)O3)O2)O1. The Labute approximate surface area is 255 Å². The molecule has 3 rings (SSSR count). The lowest BCUT2D eigenvalue weighted by molar-refractivity contribution is -0.145. The first-order chi connectivity index (χ1) is 20.4. The van der Waals surface area contributed by atoms with Gasteiger partial charge >= 0.3 is 5.97 Å². The van der Waals surface area contributed by atoms with Crippen LogP contribution in [0.25, 0.3) is 0 Å². The highest BCUT2D eigenvalue weighted by atomic mass is 16.6. The van der Waals surface area contributed by atoms with Gasteiger partial charge in [0.1, 0.15) is 11.9 Å². The summed E-state index contributed by atoms with van der Waals surface area (Å²) in [4.78, 5) is 23.1. The van der Waals surface area contributed by atoms with E-state index in [4.69, 9.17) is 14.2 Å². The van der Waals surface area contributed by atoms with Gasteiger partial charge in [-0.3, -0.25) is 4.79 Å². The number of esters is 1. The fourth-order valence-corrected chi connectivity index (χ4v) is 7.20. The molecule has 0 unspecified atom stereocenters. The van der Waals surface area contributed by atoms with Crippen molar-refractivity contribution in [1.29, 1.82) is 0 Å². The van der Waals surface area contributed by atoms with Crippen molar-refractivity contribution in [2.45, 2.75) is 204 Å². The standard InChI is InChI=1S/C35H62O7/c1-3-4-5-6-7-8-12-15-18-29(37)31-20-22-33(41-31)34-23-21-32(42-34)30(38)19-16-13-10-9-11-14-17-28-25-27(24-26(2)36)35(39)40-28/h27-34,37-38H,3-25H2,1-2H3/t27-,28-,29-,30+,31+,32+,33+,34+/m0/s1. The van der Waals surface area contributed by atoms with Crippen LogP contribution in [-0.4, -0.2) is 64.7 Å². The topological polar surface area (TPSA) is 102 Å². The van der Waals surface area contributed by atoms with Crippen LogP contribution in [-0.2, 0) is 23.8 Å². The van der Waals surface area contributed by atoms with Crippen LogP contribution in [0.15, 0.2) is 0 Å². The van der Waals surface area contributed by atoms with Gasteiger partial charge in [-0.1, -0.05) is 90.4 Å². The van der Waals surface area contributed by atoms with Crippen LogP contribution in [0.5, 0.6) is 0 Å². The smallest absolute Gasteiger partial charge is 0.309 e. The zero-order valence-corrected chi connectivity index (χ0v) is 26.8. The predicted octanol–water partition coefficient (Wildman–Crippen LogP) is 7.37. The number of hydrogen-bond acceptors (Lipinski definition) is 7. The number of hydrogen-bond donors (Lipinski definition) is 2. The molecule has 3 fully saturated rings. The molecule has 3 aliphatic rings. The molecule has 0 aromatic carbocycles. The molecule has 42 heavy (non-hydrogen) atoms. The molecule has 0 radical (unpaired) electrons. The van der Waals surface area contributed by atoms with Crippen molar-refractivity contribution in [2.24, 2.45) is 5.92 Å². The lowest BCUT2D eigenvalue weighted by Gasteiger charge is -2.24. The molecule has 3 heterocycles. The monoisotopic (exact) mass is 594 g/mol. The van der Waals surface area contributed by atoms with Gasteiger partial charge in [0.15, 0.2) is 0 Å². The molecule has 2 N–H and O–H groups in total. The molecule has 8 atom stereocenters. The second-order valence-corrected chi connectivity index (χ2v) is 13.6. The minimum atomic E-state index is -0.417. The molecular formula is C35H62O7. The Kier molecular flexibility index (Phi) is 17.0. The average molecular weight is 595 g/mol. The van der Waals surface area contributed by atoms with E-state index in [2.05, 4.69) is 6.92 Å². The molecule has 0 spiro atoms. The number of ketones is 1. The summed E-state index contributed by atoms with van der Waals surface area (Å²) in [6.07, 6.45) is 23.1. The number of aliphatic hydroxyl groups is 2. The minimum absolute atomic E-state index is 0.0162. The second-order valence-electron chi connectivity index (χ2n) is 13.6. The van der Waals surface area contributed by atoms with Crippen molar-refractivity contribution in [3.8, 4) is 0 Å². The van der Waals surface area contributed by atoms with E-state index in [0.717, 1.165) is 89.9 Å². The molecule has 244 valence electrons. The zero-order valence-electron chi connectivity index (χ0n) is 26.8. The highest BCUT2D eigenvalue weighted by Gasteiger charge is 2.40. The lowest BCUT2D eigenvalue weighted by atomic mass is 9.96. The maximum absolute atomic E-state index is 11.9. The van der Waals surface area contributed by atoms with Gasteiger partial charge in [0.05, 0.1) is 42.5 Å². The van der Waals surface area contributed by atoms with Gasteiger partial charge in [-0.25, -0.2) is 0 Å². The minimum Gasteiger partial charge on any atom is -0.462 e. The fraction of sp³-hybridized carbons (Fsp3) is 0.943. The van der Waals surface area contributed by atoms with Crippen LogP contribution >= 0.6 is 0 Å². The van der Waals surface area contributed by atoms with Gasteiger partial charge < -0.3 is 29.2 Å².